The molecule has 1 atom stereocenters. The van der Waals surface area contributed by atoms with Crippen LogP contribution in [0.3, 0.4) is 0 Å². The number of morpholine rings is 1. The highest BCUT2D eigenvalue weighted by molar-refractivity contribution is 6.35. The summed E-state index contributed by atoms with van der Waals surface area (Å²) in [6.45, 7) is 5.65. The summed E-state index contributed by atoms with van der Waals surface area (Å²) in [5, 5.41) is 7.11. The first-order valence-electron chi connectivity index (χ1n) is 16.9. The van der Waals surface area contributed by atoms with Gasteiger partial charge in [-0.3, -0.25) is 14.2 Å². The second-order valence-corrected chi connectivity index (χ2v) is 13.0. The van der Waals surface area contributed by atoms with Crippen molar-refractivity contribution in [1.29, 1.82) is 0 Å². The highest BCUT2D eigenvalue weighted by atomic mass is 35.5. The van der Waals surface area contributed by atoms with Crippen LogP contribution in [0.5, 0.6) is 11.5 Å². The summed E-state index contributed by atoms with van der Waals surface area (Å²) in [5.74, 6) is 0.924. The van der Waals surface area contributed by atoms with Crippen LogP contribution in [-0.2, 0) is 9.53 Å². The van der Waals surface area contributed by atoms with E-state index in [0.29, 0.717) is 65.1 Å². The Morgan fingerprint density at radius 1 is 1.02 bits per heavy atom. The van der Waals surface area contributed by atoms with Crippen LogP contribution in [0.25, 0.3) is 22.2 Å². The van der Waals surface area contributed by atoms with Crippen LogP contribution in [0.4, 0.5) is 23.0 Å². The number of carbonyl (C=O) groups excluding carboxylic acids is 1. The predicted octanol–water partition coefficient (Wildman–Crippen LogP) is 6.37. The standard InChI is InChI=1S/C39H42ClN7O5/c1-25(26-8-6-9-29(20-26)42-35(48)10-7-15-45(2)3)47-37-27(21-33(38(47)49)32-22-31(50-4)23-34(51-5)36(32)40)24-41-39(44-37)43-28-11-13-30(14-12-28)46-16-18-52-19-17-46/h6-14,20-25H,15-19H2,1-5H3,(H,42,48)(H,41,43,44)/b10-7+. The molecule has 2 N–H and O–H groups in total. The fourth-order valence-corrected chi connectivity index (χ4v) is 6.34. The molecule has 2 aromatic heterocycles. The monoisotopic (exact) mass is 723 g/mol. The molecule has 13 heteroatoms. The van der Waals surface area contributed by atoms with E-state index in [-0.39, 0.29) is 16.5 Å². The lowest BCUT2D eigenvalue weighted by Gasteiger charge is -2.28. The topological polar surface area (TPSA) is 123 Å². The number of ether oxygens (including phenoxy) is 3. The summed E-state index contributed by atoms with van der Waals surface area (Å²) in [6, 6.07) is 20.0. The lowest BCUT2D eigenvalue weighted by Crippen LogP contribution is -2.36. The van der Waals surface area contributed by atoms with Gasteiger partial charge in [-0.2, -0.15) is 4.98 Å². The number of carbonyl (C=O) groups is 1. The second-order valence-electron chi connectivity index (χ2n) is 12.6. The Hall–Kier alpha value is -5.43. The Morgan fingerprint density at radius 3 is 2.50 bits per heavy atom. The van der Waals surface area contributed by atoms with Gasteiger partial charge in [0.25, 0.3) is 5.56 Å². The quantitative estimate of drug-likeness (QED) is 0.140. The van der Waals surface area contributed by atoms with E-state index in [1.54, 1.807) is 35.0 Å². The molecule has 0 bridgehead atoms. The summed E-state index contributed by atoms with van der Waals surface area (Å²) >= 11 is 6.82. The van der Waals surface area contributed by atoms with Crippen molar-refractivity contribution in [3.8, 4) is 22.6 Å². The van der Waals surface area contributed by atoms with Crippen molar-refractivity contribution in [2.24, 2.45) is 0 Å². The third kappa shape index (κ3) is 8.20. The molecule has 1 fully saturated rings. The van der Waals surface area contributed by atoms with Crippen molar-refractivity contribution in [3.63, 3.8) is 0 Å². The Kier molecular flexibility index (Phi) is 11.4. The number of hydrogen-bond donors (Lipinski definition) is 2. The molecule has 6 rings (SSSR count). The van der Waals surface area contributed by atoms with Crippen LogP contribution in [0.15, 0.2) is 89.9 Å². The number of nitrogens with zero attached hydrogens (tertiary/aromatic N) is 5. The zero-order valence-electron chi connectivity index (χ0n) is 29.9. The van der Waals surface area contributed by atoms with Crippen LogP contribution in [0.1, 0.15) is 18.5 Å². The molecule has 52 heavy (non-hydrogen) atoms. The van der Waals surface area contributed by atoms with E-state index in [1.807, 2.05) is 62.3 Å². The number of likely N-dealkylation sites (N-methyl/N-ethyl adjacent to an activating group) is 1. The van der Waals surface area contributed by atoms with Gasteiger partial charge < -0.3 is 34.6 Å². The Labute approximate surface area is 307 Å². The second kappa shape index (κ2) is 16.3. The maximum atomic E-state index is 14.7. The molecule has 1 amide bonds. The number of methoxy groups -OCH3 is 2. The number of fused-ring (bicyclic) bond motifs is 1. The summed E-state index contributed by atoms with van der Waals surface area (Å²) in [4.78, 5) is 41.1. The lowest BCUT2D eigenvalue weighted by atomic mass is 10.0. The van der Waals surface area contributed by atoms with E-state index in [4.69, 9.17) is 30.8 Å². The highest BCUT2D eigenvalue weighted by Crippen LogP contribution is 2.39. The van der Waals surface area contributed by atoms with Crippen LogP contribution in [0.2, 0.25) is 5.02 Å². The van der Waals surface area contributed by atoms with Crippen LogP contribution < -0.4 is 30.6 Å². The van der Waals surface area contributed by atoms with Gasteiger partial charge in [-0.25, -0.2) is 4.98 Å². The fourth-order valence-electron chi connectivity index (χ4n) is 6.05. The van der Waals surface area contributed by atoms with Gasteiger partial charge in [-0.15, -0.1) is 0 Å². The molecule has 0 aliphatic carbocycles. The molecule has 1 unspecified atom stereocenters. The van der Waals surface area contributed by atoms with E-state index in [2.05, 4.69) is 32.7 Å². The van der Waals surface area contributed by atoms with Gasteiger partial charge >= 0.3 is 0 Å². The maximum absolute atomic E-state index is 14.7. The van der Waals surface area contributed by atoms with Crippen molar-refractivity contribution < 1.29 is 19.0 Å². The first-order valence-corrected chi connectivity index (χ1v) is 17.3. The molecular formula is C39H42ClN7O5. The Balaban J connectivity index is 1.42. The van der Waals surface area contributed by atoms with Crippen molar-refractivity contribution in [2.75, 3.05) is 76.7 Å². The molecule has 270 valence electrons. The smallest absolute Gasteiger partial charge is 0.260 e. The normalized spacial score (nSPS) is 13.8. The molecule has 0 radical (unpaired) electrons. The molecular weight excluding hydrogens is 682 g/mol. The third-order valence-electron chi connectivity index (χ3n) is 8.80. The average molecular weight is 724 g/mol. The molecule has 5 aromatic rings. The van der Waals surface area contributed by atoms with Crippen LogP contribution in [0, 0.1) is 0 Å². The van der Waals surface area contributed by atoms with E-state index >= 15 is 0 Å². The van der Waals surface area contributed by atoms with Crippen molar-refractivity contribution in [2.45, 2.75) is 13.0 Å². The van der Waals surface area contributed by atoms with Gasteiger partial charge in [0.05, 0.1) is 38.5 Å². The van der Waals surface area contributed by atoms with Crippen LogP contribution >= 0.6 is 11.6 Å². The summed E-state index contributed by atoms with van der Waals surface area (Å²) < 4.78 is 18.1. The first kappa shape index (κ1) is 36.4. The summed E-state index contributed by atoms with van der Waals surface area (Å²) in [6.07, 6.45) is 4.98. The minimum Gasteiger partial charge on any atom is -0.497 e. The third-order valence-corrected chi connectivity index (χ3v) is 9.18. The minimum absolute atomic E-state index is 0.251. The summed E-state index contributed by atoms with van der Waals surface area (Å²) in [5.41, 5.74) is 4.12. The number of benzene rings is 3. The largest absolute Gasteiger partial charge is 0.497 e. The molecule has 1 aliphatic rings. The number of aromatic nitrogens is 3. The van der Waals surface area contributed by atoms with Gasteiger partial charge in [0.2, 0.25) is 11.9 Å². The zero-order chi connectivity index (χ0) is 36.8. The zero-order valence-corrected chi connectivity index (χ0v) is 30.6. The van der Waals surface area contributed by atoms with E-state index < -0.39 is 6.04 Å². The van der Waals surface area contributed by atoms with Crippen molar-refractivity contribution >= 4 is 51.6 Å². The van der Waals surface area contributed by atoms with Gasteiger partial charge in [-0.1, -0.05) is 29.8 Å². The van der Waals surface area contributed by atoms with E-state index in [0.717, 1.165) is 30.0 Å². The molecule has 1 aliphatic heterocycles. The van der Waals surface area contributed by atoms with Crippen molar-refractivity contribution in [3.05, 3.63) is 106 Å². The number of hydrogen-bond acceptors (Lipinski definition) is 10. The first-order chi connectivity index (χ1) is 25.1. The Bertz CT molecular complexity index is 2150. The number of anilines is 4. The SMILES string of the molecule is COc1cc(OC)c(Cl)c(-c2cc3cnc(Nc4ccc(N5CCOCC5)cc4)nc3n(C(C)c3cccc(NC(=O)/C=C/CN(C)C)c3)c2=O)c1. The minimum atomic E-state index is -0.530. The molecule has 0 spiro atoms. The highest BCUT2D eigenvalue weighted by Gasteiger charge is 2.22. The fraction of sp³-hybridized carbons (Fsp3) is 0.282. The number of amides is 1. The van der Waals surface area contributed by atoms with E-state index in [9.17, 15) is 9.59 Å². The van der Waals surface area contributed by atoms with Crippen molar-refractivity contribution in [1.82, 2.24) is 19.4 Å². The average Bonchev–Trinajstić information content (AvgIpc) is 3.15. The number of pyridine rings is 1. The van der Waals surface area contributed by atoms with Crippen LogP contribution in [-0.4, -0.2) is 86.5 Å². The summed E-state index contributed by atoms with van der Waals surface area (Å²) in [7, 11) is 6.91. The predicted molar refractivity (Wildman–Crippen MR) is 207 cm³/mol. The number of nitrogens with one attached hydrogen (secondary N) is 2. The maximum Gasteiger partial charge on any atom is 0.260 e. The lowest BCUT2D eigenvalue weighted by molar-refractivity contribution is -0.111. The van der Waals surface area contributed by atoms with E-state index in [1.165, 1.54) is 20.3 Å². The molecule has 3 aromatic carbocycles. The Morgan fingerprint density at radius 2 is 1.79 bits per heavy atom. The number of halogens is 1. The molecule has 0 saturated carbocycles. The van der Waals surface area contributed by atoms with Gasteiger partial charge in [0, 0.05) is 71.5 Å². The molecule has 3 heterocycles. The van der Waals surface area contributed by atoms with Gasteiger partial charge in [0.15, 0.2) is 0 Å². The van der Waals surface area contributed by atoms with Gasteiger partial charge in [0.1, 0.15) is 17.1 Å². The molecule has 12 nitrogen and oxygen atoms in total. The number of rotatable bonds is 12. The molecule has 1 saturated heterocycles. The van der Waals surface area contributed by atoms with Gasteiger partial charge in [-0.05, 0) is 75.1 Å².